The van der Waals surface area contributed by atoms with Crippen LogP contribution < -0.4 is 0 Å². The van der Waals surface area contributed by atoms with Gasteiger partial charge in [-0.1, -0.05) is 12.1 Å². The van der Waals surface area contributed by atoms with E-state index >= 15 is 0 Å². The van der Waals surface area contributed by atoms with Crippen molar-refractivity contribution in [2.45, 2.75) is 24.3 Å². The summed E-state index contributed by atoms with van der Waals surface area (Å²) in [7, 11) is -0.164. The number of rotatable bonds is 7. The van der Waals surface area contributed by atoms with E-state index in [0.29, 0.717) is 12.5 Å². The molecule has 0 saturated carbocycles. The van der Waals surface area contributed by atoms with Crippen LogP contribution in [0.25, 0.3) is 0 Å². The molecule has 0 spiro atoms. The van der Waals surface area contributed by atoms with Crippen LogP contribution in [0.15, 0.2) is 41.8 Å². The highest BCUT2D eigenvalue weighted by atomic mass is 32.2. The number of halogens is 1. The second-order valence-electron chi connectivity index (χ2n) is 7.35. The fourth-order valence-corrected chi connectivity index (χ4v) is 4.79. The highest BCUT2D eigenvalue weighted by Gasteiger charge is 2.28. The Hall–Kier alpha value is -1.77. The van der Waals surface area contributed by atoms with Crippen molar-refractivity contribution in [2.24, 2.45) is 13.0 Å². The Labute approximate surface area is 160 Å². The molecular weight excluding hydrogens is 367 g/mol. The predicted molar refractivity (Wildman–Crippen MR) is 102 cm³/mol. The normalized spacial score (nSPS) is 18.9. The topological polar surface area (TPSA) is 58.4 Å². The molecule has 0 bridgehead atoms. The molecule has 1 aliphatic rings. The molecule has 0 aliphatic carbocycles. The molecule has 0 radical (unpaired) electrons. The predicted octanol–water partition coefficient (Wildman–Crippen LogP) is 2.13. The van der Waals surface area contributed by atoms with Crippen LogP contribution in [-0.4, -0.2) is 60.4 Å². The smallest absolute Gasteiger partial charge is 0.261 e. The van der Waals surface area contributed by atoms with E-state index in [-0.39, 0.29) is 10.8 Å². The van der Waals surface area contributed by atoms with Crippen molar-refractivity contribution in [1.82, 2.24) is 18.8 Å². The number of nitrogens with zero attached hydrogens (tertiary/aromatic N) is 4. The quantitative estimate of drug-likeness (QED) is 0.722. The lowest BCUT2D eigenvalue weighted by molar-refractivity contribution is 0.163. The van der Waals surface area contributed by atoms with Gasteiger partial charge >= 0.3 is 0 Å². The van der Waals surface area contributed by atoms with Gasteiger partial charge < -0.3 is 9.47 Å². The van der Waals surface area contributed by atoms with Crippen LogP contribution in [0, 0.1) is 11.7 Å². The Morgan fingerprint density at radius 1 is 1.30 bits per heavy atom. The van der Waals surface area contributed by atoms with Gasteiger partial charge in [0.05, 0.1) is 6.33 Å². The van der Waals surface area contributed by atoms with E-state index in [1.54, 1.807) is 18.7 Å². The number of imidazole rings is 1. The first-order chi connectivity index (χ1) is 12.8. The Morgan fingerprint density at radius 2 is 2.04 bits per heavy atom. The van der Waals surface area contributed by atoms with Gasteiger partial charge in [-0.2, -0.15) is 4.31 Å². The zero-order valence-electron chi connectivity index (χ0n) is 15.9. The lowest BCUT2D eigenvalue weighted by Gasteiger charge is -2.34. The average Bonchev–Trinajstić information content (AvgIpc) is 3.09. The minimum absolute atomic E-state index is 0.0940. The molecule has 1 saturated heterocycles. The fraction of sp³-hybridized carbons (Fsp3) is 0.526. The van der Waals surface area contributed by atoms with E-state index in [9.17, 15) is 12.8 Å². The molecular formula is C19H27FN4O2S. The number of likely N-dealkylation sites (tertiary alicyclic amines) is 1. The summed E-state index contributed by atoms with van der Waals surface area (Å²) in [6, 6.07) is 6.63. The first kappa shape index (κ1) is 20.0. The van der Waals surface area contributed by atoms with Crippen LogP contribution in [0.2, 0.25) is 0 Å². The molecule has 1 aliphatic heterocycles. The molecule has 1 aromatic heterocycles. The number of benzene rings is 1. The molecule has 0 N–H and O–H groups in total. The third-order valence-corrected chi connectivity index (χ3v) is 6.81. The largest absolute Gasteiger partial charge is 0.339 e. The van der Waals surface area contributed by atoms with E-state index < -0.39 is 10.0 Å². The summed E-state index contributed by atoms with van der Waals surface area (Å²) in [6.45, 7) is 3.29. The van der Waals surface area contributed by atoms with E-state index in [4.69, 9.17) is 0 Å². The van der Waals surface area contributed by atoms with E-state index in [2.05, 4.69) is 9.88 Å². The third-order valence-electron chi connectivity index (χ3n) is 5.10. The van der Waals surface area contributed by atoms with Gasteiger partial charge in [-0.05, 0) is 49.4 Å². The molecule has 27 heavy (non-hydrogen) atoms. The maximum absolute atomic E-state index is 13.0. The van der Waals surface area contributed by atoms with Crippen molar-refractivity contribution in [3.05, 3.63) is 48.2 Å². The molecule has 8 heteroatoms. The third kappa shape index (κ3) is 5.15. The molecule has 3 rings (SSSR count). The van der Waals surface area contributed by atoms with Crippen molar-refractivity contribution in [3.8, 4) is 0 Å². The highest BCUT2D eigenvalue weighted by Crippen LogP contribution is 2.21. The summed E-state index contributed by atoms with van der Waals surface area (Å²) in [5, 5.41) is 0.0940. The number of hydrogen-bond donors (Lipinski definition) is 0. The van der Waals surface area contributed by atoms with E-state index in [0.717, 1.165) is 44.5 Å². The number of aryl methyl sites for hydroxylation is 1. The molecule has 6 nitrogen and oxygen atoms in total. The van der Waals surface area contributed by atoms with Crippen LogP contribution in [-0.2, 0) is 23.5 Å². The van der Waals surface area contributed by atoms with Gasteiger partial charge in [0.1, 0.15) is 5.82 Å². The average molecular weight is 395 g/mol. The standard InChI is InChI=1S/C19H27FN4O2S/c1-22-14-19(21-15-22)27(25,26)23(2)12-17-4-3-10-24(13-17)11-9-16-5-7-18(20)8-6-16/h5-8,14-15,17H,3-4,9-13H2,1-2H3/t17-/m0/s1. The first-order valence-electron chi connectivity index (χ1n) is 9.25. The van der Waals surface area contributed by atoms with Crippen LogP contribution in [0.3, 0.4) is 0 Å². The van der Waals surface area contributed by atoms with Crippen LogP contribution >= 0.6 is 0 Å². The minimum Gasteiger partial charge on any atom is -0.339 e. The van der Waals surface area contributed by atoms with Gasteiger partial charge in [-0.15, -0.1) is 0 Å². The van der Waals surface area contributed by atoms with Gasteiger partial charge in [-0.3, -0.25) is 0 Å². The van der Waals surface area contributed by atoms with Gasteiger partial charge in [0, 0.05) is 39.9 Å². The zero-order chi connectivity index (χ0) is 19.4. The number of piperidine rings is 1. The summed E-state index contributed by atoms with van der Waals surface area (Å²) < 4.78 is 41.4. The second kappa shape index (κ2) is 8.50. The van der Waals surface area contributed by atoms with Crippen molar-refractivity contribution < 1.29 is 12.8 Å². The molecule has 0 unspecified atom stereocenters. The summed E-state index contributed by atoms with van der Waals surface area (Å²) in [5.41, 5.74) is 1.12. The van der Waals surface area contributed by atoms with E-state index in [1.165, 1.54) is 29.0 Å². The van der Waals surface area contributed by atoms with Gasteiger partial charge in [0.15, 0.2) is 5.03 Å². The van der Waals surface area contributed by atoms with Gasteiger partial charge in [0.25, 0.3) is 10.0 Å². The maximum atomic E-state index is 13.0. The lowest BCUT2D eigenvalue weighted by atomic mass is 9.97. The Morgan fingerprint density at radius 3 is 2.70 bits per heavy atom. The maximum Gasteiger partial charge on any atom is 0.261 e. The molecule has 1 aromatic carbocycles. The number of sulfonamides is 1. The first-order valence-corrected chi connectivity index (χ1v) is 10.7. The molecule has 2 heterocycles. The monoisotopic (exact) mass is 394 g/mol. The van der Waals surface area contributed by atoms with Crippen molar-refractivity contribution in [2.75, 3.05) is 33.2 Å². The van der Waals surface area contributed by atoms with Gasteiger partial charge in [-0.25, -0.2) is 17.8 Å². The number of hydrogen-bond acceptors (Lipinski definition) is 4. The zero-order valence-corrected chi connectivity index (χ0v) is 16.7. The fourth-order valence-electron chi connectivity index (χ4n) is 3.59. The Kier molecular flexibility index (Phi) is 6.29. The SMILES string of the molecule is CN(C[C@@H]1CCCN(CCc2ccc(F)cc2)C1)S(=O)(=O)c1cn(C)cn1. The van der Waals surface area contributed by atoms with Crippen LogP contribution in [0.4, 0.5) is 4.39 Å². The Balaban J connectivity index is 1.53. The molecule has 2 aromatic rings. The van der Waals surface area contributed by atoms with Gasteiger partial charge in [0.2, 0.25) is 0 Å². The van der Waals surface area contributed by atoms with Crippen LogP contribution in [0.1, 0.15) is 18.4 Å². The van der Waals surface area contributed by atoms with E-state index in [1.807, 2.05) is 12.1 Å². The summed E-state index contributed by atoms with van der Waals surface area (Å²) in [5.74, 6) is 0.0874. The van der Waals surface area contributed by atoms with Crippen LogP contribution in [0.5, 0.6) is 0 Å². The molecule has 1 atom stereocenters. The highest BCUT2D eigenvalue weighted by molar-refractivity contribution is 7.89. The summed E-state index contributed by atoms with van der Waals surface area (Å²) in [6.07, 6.45) is 5.98. The van der Waals surface area contributed by atoms with Crippen molar-refractivity contribution in [3.63, 3.8) is 0 Å². The van der Waals surface area contributed by atoms with Crippen molar-refractivity contribution in [1.29, 1.82) is 0 Å². The molecule has 148 valence electrons. The minimum atomic E-state index is -3.55. The molecule has 1 fully saturated rings. The lowest BCUT2D eigenvalue weighted by Crippen LogP contribution is -2.42. The van der Waals surface area contributed by atoms with Crippen molar-refractivity contribution >= 4 is 10.0 Å². The number of aromatic nitrogens is 2. The summed E-state index contributed by atoms with van der Waals surface area (Å²) in [4.78, 5) is 6.36. The molecule has 0 amide bonds. The second-order valence-corrected chi connectivity index (χ2v) is 9.34. The Bertz CT molecular complexity index is 851. The summed E-state index contributed by atoms with van der Waals surface area (Å²) >= 11 is 0.